The normalized spacial score (nSPS) is 22.2. The van der Waals surface area contributed by atoms with Gasteiger partial charge in [0, 0.05) is 37.8 Å². The number of fused-ring (bicyclic) bond motifs is 1. The first kappa shape index (κ1) is 22.5. The van der Waals surface area contributed by atoms with Crippen LogP contribution in [0.5, 0.6) is 5.75 Å². The molecule has 5 nitrogen and oxygen atoms in total. The predicted octanol–water partition coefficient (Wildman–Crippen LogP) is 4.76. The number of halogens is 2. The average molecular weight is 464 g/mol. The summed E-state index contributed by atoms with van der Waals surface area (Å²) in [4.78, 5) is 16.5. The first-order chi connectivity index (χ1) is 15.1. The number of hydrogen-bond acceptors (Lipinski definition) is 4. The van der Waals surface area contributed by atoms with Gasteiger partial charge in [-0.15, -0.1) is 11.6 Å². The van der Waals surface area contributed by atoms with Crippen LogP contribution in [0.25, 0.3) is 0 Å². The SMILES string of the molecule is O=C1CCc2ccc(OCCCCN3CCCN(C4=C(Cl)C(Cl)CC=C4)CC3)cc2N1. The quantitative estimate of drug-likeness (QED) is 0.467. The van der Waals surface area contributed by atoms with E-state index in [1.54, 1.807) is 0 Å². The molecule has 4 rings (SSSR count). The van der Waals surface area contributed by atoms with E-state index < -0.39 is 0 Å². The lowest BCUT2D eigenvalue weighted by atomic mass is 10.0. The van der Waals surface area contributed by atoms with Crippen LogP contribution < -0.4 is 10.1 Å². The second-order valence-electron chi connectivity index (χ2n) is 8.44. The van der Waals surface area contributed by atoms with Crippen molar-refractivity contribution < 1.29 is 9.53 Å². The predicted molar refractivity (Wildman–Crippen MR) is 127 cm³/mol. The summed E-state index contributed by atoms with van der Waals surface area (Å²) in [5.41, 5.74) is 3.18. The maximum atomic E-state index is 11.6. The van der Waals surface area contributed by atoms with Crippen LogP contribution in [0.15, 0.2) is 41.1 Å². The van der Waals surface area contributed by atoms with Crippen LogP contribution in [-0.2, 0) is 11.2 Å². The molecule has 0 aromatic heterocycles. The zero-order valence-corrected chi connectivity index (χ0v) is 19.4. The Morgan fingerprint density at radius 2 is 2.03 bits per heavy atom. The minimum Gasteiger partial charge on any atom is -0.494 e. The number of rotatable bonds is 7. The molecule has 1 amide bonds. The lowest BCUT2D eigenvalue weighted by molar-refractivity contribution is -0.116. The zero-order chi connectivity index (χ0) is 21.6. The third-order valence-corrected chi connectivity index (χ3v) is 7.15. The monoisotopic (exact) mass is 463 g/mol. The summed E-state index contributed by atoms with van der Waals surface area (Å²) in [7, 11) is 0. The molecule has 1 aromatic rings. The maximum absolute atomic E-state index is 11.6. The molecule has 2 heterocycles. The van der Waals surface area contributed by atoms with Gasteiger partial charge in [0.15, 0.2) is 0 Å². The number of carbonyl (C=O) groups is 1. The standard InChI is InChI=1S/C24H31Cl2N3O2/c25-20-5-3-6-22(24(20)26)29-13-4-12-28(14-15-29)11-1-2-16-31-19-9-7-18-8-10-23(30)27-21(18)17-19/h3,6-7,9,17,20H,1-2,4-5,8,10-16H2,(H,27,30). The van der Waals surface area contributed by atoms with E-state index in [1.807, 2.05) is 12.1 Å². The Labute approximate surface area is 195 Å². The number of carbonyl (C=O) groups excluding carboxylic acids is 1. The van der Waals surface area contributed by atoms with E-state index in [-0.39, 0.29) is 11.3 Å². The van der Waals surface area contributed by atoms with Gasteiger partial charge in [0.05, 0.1) is 22.7 Å². The van der Waals surface area contributed by atoms with E-state index in [0.717, 1.165) is 87.0 Å². The third-order valence-electron chi connectivity index (χ3n) is 6.18. The van der Waals surface area contributed by atoms with Gasteiger partial charge in [-0.1, -0.05) is 23.7 Å². The van der Waals surface area contributed by atoms with E-state index in [1.165, 1.54) is 5.56 Å². The summed E-state index contributed by atoms with van der Waals surface area (Å²) in [5.74, 6) is 0.913. The van der Waals surface area contributed by atoms with Crippen molar-refractivity contribution in [3.8, 4) is 5.75 Å². The van der Waals surface area contributed by atoms with Gasteiger partial charge in [0.2, 0.25) is 5.91 Å². The molecule has 1 saturated heterocycles. The van der Waals surface area contributed by atoms with Gasteiger partial charge in [-0.3, -0.25) is 4.79 Å². The molecular formula is C24H31Cl2N3O2. The van der Waals surface area contributed by atoms with Crippen LogP contribution in [0.4, 0.5) is 5.69 Å². The fourth-order valence-electron chi connectivity index (χ4n) is 4.40. The largest absolute Gasteiger partial charge is 0.494 e. The lowest BCUT2D eigenvalue weighted by Gasteiger charge is -2.28. The molecule has 31 heavy (non-hydrogen) atoms. The summed E-state index contributed by atoms with van der Waals surface area (Å²) < 4.78 is 5.92. The van der Waals surface area contributed by atoms with E-state index >= 15 is 0 Å². The van der Waals surface area contributed by atoms with Gasteiger partial charge < -0.3 is 19.9 Å². The number of alkyl halides is 1. The average Bonchev–Trinajstić information content (AvgIpc) is 3.01. The number of unbranched alkanes of at least 4 members (excludes halogenated alkanes) is 1. The fourth-order valence-corrected chi connectivity index (χ4v) is 4.89. The fraction of sp³-hybridized carbons (Fsp3) is 0.542. The molecule has 1 fully saturated rings. The Balaban J connectivity index is 1.17. The Morgan fingerprint density at radius 3 is 2.94 bits per heavy atom. The van der Waals surface area contributed by atoms with Crippen LogP contribution in [0, 0.1) is 0 Å². The van der Waals surface area contributed by atoms with Crippen molar-refractivity contribution in [2.75, 3.05) is 44.6 Å². The Bertz CT molecular complexity index is 855. The molecule has 168 valence electrons. The molecule has 3 aliphatic rings. The zero-order valence-electron chi connectivity index (χ0n) is 17.9. The van der Waals surface area contributed by atoms with Crippen molar-refractivity contribution in [1.29, 1.82) is 0 Å². The topological polar surface area (TPSA) is 44.8 Å². The van der Waals surface area contributed by atoms with Gasteiger partial charge >= 0.3 is 0 Å². The first-order valence-corrected chi connectivity index (χ1v) is 12.1. The number of anilines is 1. The highest BCUT2D eigenvalue weighted by atomic mass is 35.5. The lowest BCUT2D eigenvalue weighted by Crippen LogP contribution is -2.32. The second kappa shape index (κ2) is 10.8. The van der Waals surface area contributed by atoms with E-state index in [0.29, 0.717) is 13.0 Å². The van der Waals surface area contributed by atoms with Crippen molar-refractivity contribution in [2.24, 2.45) is 0 Å². The summed E-state index contributed by atoms with van der Waals surface area (Å²) in [6, 6.07) is 6.01. The van der Waals surface area contributed by atoms with Gasteiger partial charge in [-0.05, 0) is 62.9 Å². The highest BCUT2D eigenvalue weighted by Gasteiger charge is 2.22. The summed E-state index contributed by atoms with van der Waals surface area (Å²) in [6.45, 7) is 5.93. The molecule has 2 aliphatic heterocycles. The van der Waals surface area contributed by atoms with Crippen molar-refractivity contribution in [2.45, 2.75) is 43.9 Å². The molecule has 0 radical (unpaired) electrons. The van der Waals surface area contributed by atoms with Gasteiger partial charge in [0.1, 0.15) is 5.75 Å². The Hall–Kier alpha value is -1.69. The maximum Gasteiger partial charge on any atom is 0.224 e. The Morgan fingerprint density at radius 1 is 1.13 bits per heavy atom. The number of benzene rings is 1. The number of nitrogens with one attached hydrogen (secondary N) is 1. The number of hydrogen-bond donors (Lipinski definition) is 1. The van der Waals surface area contributed by atoms with Crippen LogP contribution in [-0.4, -0.2) is 60.4 Å². The third kappa shape index (κ3) is 5.97. The van der Waals surface area contributed by atoms with Crippen molar-refractivity contribution in [3.63, 3.8) is 0 Å². The molecule has 1 aromatic carbocycles. The second-order valence-corrected chi connectivity index (χ2v) is 9.38. The van der Waals surface area contributed by atoms with Crippen molar-refractivity contribution in [1.82, 2.24) is 9.80 Å². The van der Waals surface area contributed by atoms with Gasteiger partial charge in [-0.25, -0.2) is 0 Å². The highest BCUT2D eigenvalue weighted by Crippen LogP contribution is 2.30. The van der Waals surface area contributed by atoms with E-state index in [2.05, 4.69) is 33.3 Å². The summed E-state index contributed by atoms with van der Waals surface area (Å²) in [6.07, 6.45) is 9.68. The van der Waals surface area contributed by atoms with Gasteiger partial charge in [-0.2, -0.15) is 0 Å². The molecular weight excluding hydrogens is 433 g/mol. The molecule has 0 bridgehead atoms. The van der Waals surface area contributed by atoms with Crippen LogP contribution >= 0.6 is 23.2 Å². The number of amides is 1. The molecule has 7 heteroatoms. The number of ether oxygens (including phenoxy) is 1. The van der Waals surface area contributed by atoms with E-state index in [4.69, 9.17) is 27.9 Å². The smallest absolute Gasteiger partial charge is 0.224 e. The number of allylic oxidation sites excluding steroid dienone is 3. The molecule has 1 unspecified atom stereocenters. The summed E-state index contributed by atoms with van der Waals surface area (Å²) >= 11 is 12.8. The molecule has 0 saturated carbocycles. The van der Waals surface area contributed by atoms with Crippen LogP contribution in [0.3, 0.4) is 0 Å². The van der Waals surface area contributed by atoms with E-state index in [9.17, 15) is 4.79 Å². The van der Waals surface area contributed by atoms with Crippen molar-refractivity contribution in [3.05, 3.63) is 46.6 Å². The minimum absolute atomic E-state index is 0.0845. The minimum atomic E-state index is -0.0904. The Kier molecular flexibility index (Phi) is 7.81. The number of nitrogens with zero attached hydrogens (tertiary/aromatic N) is 2. The molecule has 1 N–H and O–H groups in total. The summed E-state index contributed by atoms with van der Waals surface area (Å²) in [5, 5.41) is 3.63. The molecule has 0 spiro atoms. The highest BCUT2D eigenvalue weighted by molar-refractivity contribution is 6.38. The number of aryl methyl sites for hydroxylation is 1. The molecule has 1 atom stereocenters. The first-order valence-electron chi connectivity index (χ1n) is 11.3. The van der Waals surface area contributed by atoms with Crippen molar-refractivity contribution >= 4 is 34.8 Å². The van der Waals surface area contributed by atoms with Crippen LogP contribution in [0.2, 0.25) is 0 Å². The molecule has 1 aliphatic carbocycles. The van der Waals surface area contributed by atoms with Crippen LogP contribution in [0.1, 0.15) is 37.7 Å². The van der Waals surface area contributed by atoms with Gasteiger partial charge in [0.25, 0.3) is 0 Å².